The van der Waals surface area contributed by atoms with Crippen molar-refractivity contribution in [1.82, 2.24) is 4.31 Å². The molecule has 8 heteroatoms. The predicted octanol–water partition coefficient (Wildman–Crippen LogP) is 3.19. The van der Waals surface area contributed by atoms with Gasteiger partial charge in [0.15, 0.2) is 0 Å². The number of carbonyl (C=O) groups is 1. The number of anilines is 1. The van der Waals surface area contributed by atoms with Gasteiger partial charge in [-0.3, -0.25) is 4.79 Å². The highest BCUT2D eigenvalue weighted by Gasteiger charge is 2.27. The van der Waals surface area contributed by atoms with Gasteiger partial charge in [0.25, 0.3) is 5.91 Å². The third-order valence-corrected chi connectivity index (χ3v) is 6.74. The van der Waals surface area contributed by atoms with E-state index >= 15 is 0 Å². The summed E-state index contributed by atoms with van der Waals surface area (Å²) in [6, 6.07) is 9.77. The highest BCUT2D eigenvalue weighted by Crippen LogP contribution is 2.33. The minimum atomic E-state index is -3.66. The van der Waals surface area contributed by atoms with Crippen molar-refractivity contribution in [3.05, 3.63) is 52.5 Å². The Hall–Kier alpha value is -2.09. The summed E-state index contributed by atoms with van der Waals surface area (Å²) < 4.78 is 31.2. The molecule has 0 bridgehead atoms. The van der Waals surface area contributed by atoms with E-state index in [-0.39, 0.29) is 21.4 Å². The predicted molar refractivity (Wildman–Crippen MR) is 105 cm³/mol. The first kappa shape index (κ1) is 19.7. The second-order valence-corrected chi connectivity index (χ2v) is 9.04. The van der Waals surface area contributed by atoms with Crippen LogP contribution in [-0.2, 0) is 16.4 Å². The smallest absolute Gasteiger partial charge is 0.259 e. The van der Waals surface area contributed by atoms with Gasteiger partial charge in [-0.2, -0.15) is 0 Å². The van der Waals surface area contributed by atoms with E-state index in [9.17, 15) is 13.2 Å². The fourth-order valence-electron chi connectivity index (χ4n) is 3.10. The van der Waals surface area contributed by atoms with Crippen LogP contribution >= 0.6 is 11.6 Å². The van der Waals surface area contributed by atoms with Crippen LogP contribution in [0.2, 0.25) is 5.02 Å². The third-order valence-electron chi connectivity index (χ3n) is 4.60. The average Bonchev–Trinajstić information content (AvgIpc) is 2.66. The van der Waals surface area contributed by atoms with Crippen LogP contribution in [0, 0.1) is 0 Å². The Kier molecular flexibility index (Phi) is 5.46. The van der Waals surface area contributed by atoms with Crippen molar-refractivity contribution >= 4 is 33.2 Å². The fraction of sp³-hybridized carbons (Fsp3) is 0.316. The lowest BCUT2D eigenvalue weighted by molar-refractivity contribution is 0.0985. The molecular formula is C19H21ClN2O4S. The molecule has 0 spiro atoms. The van der Waals surface area contributed by atoms with Gasteiger partial charge >= 0.3 is 0 Å². The maximum Gasteiger partial charge on any atom is 0.259 e. The molecule has 3 rings (SSSR count). The molecule has 1 amide bonds. The molecule has 2 aromatic rings. The van der Waals surface area contributed by atoms with Crippen molar-refractivity contribution in [3.8, 4) is 5.75 Å². The number of amides is 1. The van der Waals surface area contributed by atoms with Crippen molar-refractivity contribution in [2.75, 3.05) is 32.6 Å². The van der Waals surface area contributed by atoms with E-state index in [1.807, 2.05) is 12.1 Å². The number of carbonyl (C=O) groups excluding carboxylic acids is 1. The monoisotopic (exact) mass is 408 g/mol. The van der Waals surface area contributed by atoms with E-state index in [4.69, 9.17) is 16.3 Å². The van der Waals surface area contributed by atoms with Gasteiger partial charge in [-0.1, -0.05) is 11.6 Å². The van der Waals surface area contributed by atoms with Gasteiger partial charge in [0.2, 0.25) is 10.0 Å². The summed E-state index contributed by atoms with van der Waals surface area (Å²) in [4.78, 5) is 14.9. The maximum atomic E-state index is 13.2. The Morgan fingerprint density at radius 2 is 1.93 bits per heavy atom. The Morgan fingerprint density at radius 1 is 1.19 bits per heavy atom. The Balaban J connectivity index is 2.03. The average molecular weight is 409 g/mol. The molecule has 27 heavy (non-hydrogen) atoms. The third kappa shape index (κ3) is 3.67. The number of nitrogens with zero attached hydrogens (tertiary/aromatic N) is 2. The van der Waals surface area contributed by atoms with Crippen LogP contribution in [0.5, 0.6) is 5.75 Å². The van der Waals surface area contributed by atoms with Crippen LogP contribution in [-0.4, -0.2) is 46.4 Å². The molecule has 1 aliphatic rings. The highest BCUT2D eigenvalue weighted by molar-refractivity contribution is 7.89. The SMILES string of the molecule is COc1ccc2c(c1)CCCN2C(=O)c1cc(S(=O)(=O)N(C)C)ccc1Cl. The summed E-state index contributed by atoms with van der Waals surface area (Å²) >= 11 is 6.24. The largest absolute Gasteiger partial charge is 0.497 e. The molecule has 0 saturated carbocycles. The van der Waals surface area contributed by atoms with Crippen molar-refractivity contribution in [2.24, 2.45) is 0 Å². The Morgan fingerprint density at radius 3 is 2.59 bits per heavy atom. The molecule has 0 aliphatic carbocycles. The van der Waals surface area contributed by atoms with Gasteiger partial charge in [-0.25, -0.2) is 12.7 Å². The van der Waals surface area contributed by atoms with Crippen LogP contribution in [0.1, 0.15) is 22.3 Å². The Labute approximate surface area is 164 Å². The van der Waals surface area contributed by atoms with E-state index in [1.165, 1.54) is 32.3 Å². The van der Waals surface area contributed by atoms with E-state index in [0.717, 1.165) is 34.1 Å². The number of methoxy groups -OCH3 is 1. The summed E-state index contributed by atoms with van der Waals surface area (Å²) in [7, 11) is 0.827. The summed E-state index contributed by atoms with van der Waals surface area (Å²) in [5.41, 5.74) is 1.98. The number of fused-ring (bicyclic) bond motifs is 1. The van der Waals surface area contributed by atoms with Crippen LogP contribution in [0.4, 0.5) is 5.69 Å². The molecule has 1 heterocycles. The standard InChI is InChI=1S/C19H21ClN2O4S/c1-21(2)27(24,25)15-7-8-17(20)16(12-15)19(23)22-10-4-5-13-11-14(26-3)6-9-18(13)22/h6-9,11-12H,4-5,10H2,1-3H3. The molecule has 0 radical (unpaired) electrons. The lowest BCUT2D eigenvalue weighted by Crippen LogP contribution is -2.35. The summed E-state index contributed by atoms with van der Waals surface area (Å²) in [6.45, 7) is 0.541. The van der Waals surface area contributed by atoms with Crippen molar-refractivity contribution in [3.63, 3.8) is 0 Å². The number of benzene rings is 2. The molecule has 6 nitrogen and oxygen atoms in total. The molecular weight excluding hydrogens is 388 g/mol. The minimum absolute atomic E-state index is 0.0345. The van der Waals surface area contributed by atoms with Crippen LogP contribution in [0.25, 0.3) is 0 Å². The number of hydrogen-bond acceptors (Lipinski definition) is 4. The van der Waals surface area contributed by atoms with E-state index in [0.29, 0.717) is 6.54 Å². The van der Waals surface area contributed by atoms with Crippen LogP contribution in [0.15, 0.2) is 41.3 Å². The molecule has 0 saturated heterocycles. The fourth-order valence-corrected chi connectivity index (χ4v) is 4.22. The number of halogens is 1. The number of aryl methyl sites for hydroxylation is 1. The number of rotatable bonds is 4. The van der Waals surface area contributed by atoms with E-state index < -0.39 is 10.0 Å². The zero-order chi connectivity index (χ0) is 19.8. The van der Waals surface area contributed by atoms with Gasteiger partial charge in [-0.15, -0.1) is 0 Å². The molecule has 1 aliphatic heterocycles. The Bertz CT molecular complexity index is 989. The van der Waals surface area contributed by atoms with Crippen molar-refractivity contribution < 1.29 is 17.9 Å². The first-order valence-electron chi connectivity index (χ1n) is 8.46. The lowest BCUT2D eigenvalue weighted by Gasteiger charge is -2.30. The second-order valence-electron chi connectivity index (χ2n) is 6.48. The molecule has 0 N–H and O–H groups in total. The summed E-state index contributed by atoms with van der Waals surface area (Å²) in [6.07, 6.45) is 1.65. The first-order chi connectivity index (χ1) is 12.8. The normalized spacial score (nSPS) is 14.2. The summed E-state index contributed by atoms with van der Waals surface area (Å²) in [5, 5.41) is 0.221. The summed E-state index contributed by atoms with van der Waals surface area (Å²) in [5.74, 6) is 0.419. The topological polar surface area (TPSA) is 66.9 Å². The van der Waals surface area contributed by atoms with E-state index in [2.05, 4.69) is 0 Å². The number of sulfonamides is 1. The van der Waals surface area contributed by atoms with Gasteiger partial charge in [0, 0.05) is 26.3 Å². The zero-order valence-electron chi connectivity index (χ0n) is 15.4. The molecule has 0 atom stereocenters. The zero-order valence-corrected chi connectivity index (χ0v) is 17.0. The minimum Gasteiger partial charge on any atom is -0.497 e. The molecule has 0 fully saturated rings. The van der Waals surface area contributed by atoms with Gasteiger partial charge in [0.1, 0.15) is 5.75 Å². The number of ether oxygens (including phenoxy) is 1. The quantitative estimate of drug-likeness (QED) is 0.779. The highest BCUT2D eigenvalue weighted by atomic mass is 35.5. The van der Waals surface area contributed by atoms with E-state index in [1.54, 1.807) is 18.1 Å². The van der Waals surface area contributed by atoms with Crippen LogP contribution < -0.4 is 9.64 Å². The molecule has 0 aromatic heterocycles. The molecule has 2 aromatic carbocycles. The maximum absolute atomic E-state index is 13.2. The first-order valence-corrected chi connectivity index (χ1v) is 10.3. The van der Waals surface area contributed by atoms with Crippen LogP contribution in [0.3, 0.4) is 0 Å². The number of hydrogen-bond donors (Lipinski definition) is 0. The van der Waals surface area contributed by atoms with Gasteiger partial charge < -0.3 is 9.64 Å². The van der Waals surface area contributed by atoms with Crippen molar-refractivity contribution in [1.29, 1.82) is 0 Å². The molecule has 0 unspecified atom stereocenters. The second kappa shape index (κ2) is 7.50. The lowest BCUT2D eigenvalue weighted by atomic mass is 10.0. The van der Waals surface area contributed by atoms with Gasteiger partial charge in [0.05, 0.1) is 22.6 Å². The van der Waals surface area contributed by atoms with Gasteiger partial charge in [-0.05, 0) is 54.8 Å². The molecule has 144 valence electrons. The van der Waals surface area contributed by atoms with Crippen molar-refractivity contribution in [2.45, 2.75) is 17.7 Å².